The highest BCUT2D eigenvalue weighted by atomic mass is 33.1. The van der Waals surface area contributed by atoms with Crippen LogP contribution in [0.15, 0.2) is 0 Å². The molecule has 0 fully saturated rings. The van der Waals surface area contributed by atoms with Crippen LogP contribution in [0.2, 0.25) is 0 Å². The van der Waals surface area contributed by atoms with E-state index in [-0.39, 0.29) is 13.8 Å². The van der Waals surface area contributed by atoms with Gasteiger partial charge in [-0.1, -0.05) is 21.6 Å². The Labute approximate surface area is 152 Å². The standard InChI is InChI=1S/C12H16F4N2O6S2/c1-11(13,14)9(23)17-5(7(19)20)3-25-26-4-6(8(21)22)18-10(24)12(2,15)16/h5-6H,3-4H2,1-2H3,(H,17,23)(H,18,24)(H,19,20)(H,21,22)/t5-,6-/m0/s1. The maximum Gasteiger partial charge on any atom is 0.327 e. The van der Waals surface area contributed by atoms with Crippen LogP contribution in [0.25, 0.3) is 0 Å². The van der Waals surface area contributed by atoms with Gasteiger partial charge in [-0.15, -0.1) is 0 Å². The number of aliphatic carboxylic acids is 2. The Balaban J connectivity index is 4.57. The normalized spacial score (nSPS) is 14.2. The van der Waals surface area contributed by atoms with Gasteiger partial charge in [0.2, 0.25) is 0 Å². The molecule has 8 nitrogen and oxygen atoms in total. The third kappa shape index (κ3) is 9.12. The minimum absolute atomic E-state index is 0.285. The Kier molecular flexibility index (Phi) is 9.20. The third-order valence-electron chi connectivity index (χ3n) is 2.56. The summed E-state index contributed by atoms with van der Waals surface area (Å²) < 4.78 is 51.0. The number of rotatable bonds is 11. The molecular formula is C12H16F4N2O6S2. The fourth-order valence-electron chi connectivity index (χ4n) is 1.15. The van der Waals surface area contributed by atoms with E-state index < -0.39 is 59.2 Å². The van der Waals surface area contributed by atoms with Crippen molar-refractivity contribution in [1.82, 2.24) is 10.6 Å². The molecule has 0 bridgehead atoms. The largest absolute Gasteiger partial charge is 0.480 e. The molecule has 0 saturated heterocycles. The van der Waals surface area contributed by atoms with Crippen LogP contribution in [0.5, 0.6) is 0 Å². The molecule has 0 aromatic carbocycles. The summed E-state index contributed by atoms with van der Waals surface area (Å²) >= 11 is 0. The zero-order valence-electron chi connectivity index (χ0n) is 13.4. The van der Waals surface area contributed by atoms with E-state index in [1.807, 2.05) is 0 Å². The van der Waals surface area contributed by atoms with Gasteiger partial charge in [0.1, 0.15) is 12.1 Å². The Morgan fingerprint density at radius 1 is 0.808 bits per heavy atom. The Bertz CT molecular complexity index is 505. The topological polar surface area (TPSA) is 133 Å². The van der Waals surface area contributed by atoms with Crippen LogP contribution in [0.3, 0.4) is 0 Å². The molecular weight excluding hydrogens is 408 g/mol. The van der Waals surface area contributed by atoms with Crippen LogP contribution >= 0.6 is 21.6 Å². The second kappa shape index (κ2) is 9.85. The number of halogens is 4. The molecule has 2 atom stereocenters. The highest BCUT2D eigenvalue weighted by Crippen LogP contribution is 2.24. The monoisotopic (exact) mass is 424 g/mol. The molecule has 0 aliphatic carbocycles. The molecule has 150 valence electrons. The van der Waals surface area contributed by atoms with Crippen LogP contribution < -0.4 is 10.6 Å². The number of carbonyl (C=O) groups is 4. The molecule has 0 rings (SSSR count). The average molecular weight is 424 g/mol. The van der Waals surface area contributed by atoms with Crippen LogP contribution in [-0.4, -0.2) is 69.4 Å². The third-order valence-corrected chi connectivity index (χ3v) is 4.98. The number of alkyl halides is 4. The van der Waals surface area contributed by atoms with Gasteiger partial charge in [-0.05, 0) is 0 Å². The summed E-state index contributed by atoms with van der Waals surface area (Å²) in [5.74, 6) is -15.2. The van der Waals surface area contributed by atoms with Crippen molar-refractivity contribution in [2.45, 2.75) is 37.8 Å². The lowest BCUT2D eigenvalue weighted by Crippen LogP contribution is -2.49. The molecule has 0 unspecified atom stereocenters. The van der Waals surface area contributed by atoms with Crippen molar-refractivity contribution in [3.05, 3.63) is 0 Å². The average Bonchev–Trinajstić information content (AvgIpc) is 2.45. The van der Waals surface area contributed by atoms with E-state index in [1.165, 1.54) is 0 Å². The predicted molar refractivity (Wildman–Crippen MR) is 85.3 cm³/mol. The fourth-order valence-corrected chi connectivity index (χ4v) is 3.46. The van der Waals surface area contributed by atoms with Crippen molar-refractivity contribution >= 4 is 45.3 Å². The maximum absolute atomic E-state index is 12.8. The van der Waals surface area contributed by atoms with Crippen molar-refractivity contribution in [1.29, 1.82) is 0 Å². The Morgan fingerprint density at radius 3 is 1.27 bits per heavy atom. The van der Waals surface area contributed by atoms with E-state index in [1.54, 1.807) is 10.6 Å². The van der Waals surface area contributed by atoms with E-state index >= 15 is 0 Å². The van der Waals surface area contributed by atoms with Gasteiger partial charge in [0.05, 0.1) is 0 Å². The van der Waals surface area contributed by atoms with Gasteiger partial charge in [0.15, 0.2) is 0 Å². The van der Waals surface area contributed by atoms with Crippen LogP contribution in [0.4, 0.5) is 17.6 Å². The molecule has 26 heavy (non-hydrogen) atoms. The SMILES string of the molecule is CC(F)(F)C(=O)N[C@@H](CSSC[C@H](NC(=O)C(C)(F)F)C(=O)O)C(=O)O. The van der Waals surface area contributed by atoms with E-state index in [2.05, 4.69) is 0 Å². The van der Waals surface area contributed by atoms with E-state index in [0.717, 1.165) is 0 Å². The second-order valence-corrected chi connectivity index (χ2v) is 7.63. The van der Waals surface area contributed by atoms with Gasteiger partial charge in [-0.3, -0.25) is 9.59 Å². The minimum Gasteiger partial charge on any atom is -0.480 e. The zero-order chi connectivity index (χ0) is 20.7. The zero-order valence-corrected chi connectivity index (χ0v) is 15.1. The van der Waals surface area contributed by atoms with Crippen LogP contribution in [-0.2, 0) is 19.2 Å². The number of carboxylic acids is 2. The Hall–Kier alpha value is -1.70. The highest BCUT2D eigenvalue weighted by Gasteiger charge is 2.36. The number of nitrogens with one attached hydrogen (secondary N) is 2. The van der Waals surface area contributed by atoms with Crippen molar-refractivity contribution in [2.75, 3.05) is 11.5 Å². The molecule has 4 N–H and O–H groups in total. The van der Waals surface area contributed by atoms with Crippen LogP contribution in [0, 0.1) is 0 Å². The molecule has 0 aromatic heterocycles. The first-order chi connectivity index (χ1) is 11.7. The van der Waals surface area contributed by atoms with E-state index in [9.17, 15) is 36.7 Å². The lowest BCUT2D eigenvalue weighted by atomic mass is 10.3. The summed E-state index contributed by atoms with van der Waals surface area (Å²) in [4.78, 5) is 44.1. The molecule has 0 aromatic rings. The second-order valence-electron chi connectivity index (χ2n) is 5.07. The summed E-state index contributed by atoms with van der Waals surface area (Å²) in [6.07, 6.45) is 0. The predicted octanol–water partition coefficient (Wildman–Crippen LogP) is 0.817. The summed E-state index contributed by atoms with van der Waals surface area (Å²) in [5.41, 5.74) is 0. The summed E-state index contributed by atoms with van der Waals surface area (Å²) in [6, 6.07) is -3.35. The fraction of sp³-hybridized carbons (Fsp3) is 0.667. The van der Waals surface area contributed by atoms with Crippen molar-refractivity contribution in [3.8, 4) is 0 Å². The molecule has 0 heterocycles. The van der Waals surface area contributed by atoms with Gasteiger partial charge < -0.3 is 20.8 Å². The molecule has 0 radical (unpaired) electrons. The molecule has 0 saturated carbocycles. The first-order valence-corrected chi connectivity index (χ1v) is 9.22. The van der Waals surface area contributed by atoms with E-state index in [4.69, 9.17) is 10.2 Å². The summed E-state index contributed by atoms with van der Waals surface area (Å²) in [7, 11) is 1.39. The summed E-state index contributed by atoms with van der Waals surface area (Å²) in [6.45, 7) is 0.569. The minimum atomic E-state index is -3.78. The molecule has 14 heteroatoms. The first-order valence-electron chi connectivity index (χ1n) is 6.73. The van der Waals surface area contributed by atoms with Gasteiger partial charge in [-0.25, -0.2) is 9.59 Å². The van der Waals surface area contributed by atoms with Gasteiger partial charge in [-0.2, -0.15) is 17.6 Å². The lowest BCUT2D eigenvalue weighted by molar-refractivity contribution is -0.148. The number of hydrogen-bond acceptors (Lipinski definition) is 6. The molecule has 2 amide bonds. The van der Waals surface area contributed by atoms with Crippen molar-refractivity contribution in [2.24, 2.45) is 0 Å². The highest BCUT2D eigenvalue weighted by molar-refractivity contribution is 8.76. The molecule has 0 spiro atoms. The smallest absolute Gasteiger partial charge is 0.327 e. The lowest BCUT2D eigenvalue weighted by Gasteiger charge is -2.18. The van der Waals surface area contributed by atoms with Gasteiger partial charge in [0, 0.05) is 25.4 Å². The van der Waals surface area contributed by atoms with Gasteiger partial charge in [0.25, 0.3) is 11.8 Å². The Morgan fingerprint density at radius 2 is 1.08 bits per heavy atom. The number of carboxylic acid groups (broad SMARTS) is 2. The number of hydrogen-bond donors (Lipinski definition) is 4. The molecule has 0 aliphatic heterocycles. The number of carbonyl (C=O) groups excluding carboxylic acids is 2. The first kappa shape index (κ1) is 24.3. The van der Waals surface area contributed by atoms with Crippen molar-refractivity contribution in [3.63, 3.8) is 0 Å². The quantitative estimate of drug-likeness (QED) is 0.218. The van der Waals surface area contributed by atoms with Crippen molar-refractivity contribution < 1.29 is 47.0 Å². The van der Waals surface area contributed by atoms with Crippen LogP contribution in [0.1, 0.15) is 13.8 Å². The maximum atomic E-state index is 12.8. The number of amides is 2. The van der Waals surface area contributed by atoms with Gasteiger partial charge >= 0.3 is 23.8 Å². The van der Waals surface area contributed by atoms with E-state index in [0.29, 0.717) is 21.6 Å². The summed E-state index contributed by atoms with van der Waals surface area (Å²) in [5, 5.41) is 21.0. The molecule has 0 aliphatic rings.